The fourth-order valence-electron chi connectivity index (χ4n) is 1.66. The molecule has 0 spiro atoms. The Morgan fingerprint density at radius 3 is 2.41 bits per heavy atom. The first-order valence-corrected chi connectivity index (χ1v) is 7.38. The van der Waals surface area contributed by atoms with Crippen molar-refractivity contribution in [3.63, 3.8) is 0 Å². The Morgan fingerprint density at radius 1 is 1.29 bits per heavy atom. The average molecular weight is 254 g/mol. The summed E-state index contributed by atoms with van der Waals surface area (Å²) in [6.07, 6.45) is 2.29. The van der Waals surface area contributed by atoms with Gasteiger partial charge in [0.15, 0.2) is 0 Å². The minimum atomic E-state index is 0.170. The molecular weight excluding hydrogens is 228 g/mol. The highest BCUT2D eigenvalue weighted by Crippen LogP contribution is 2.26. The maximum Gasteiger partial charge on any atom is 0.0931 e. The van der Waals surface area contributed by atoms with Gasteiger partial charge in [-0.1, -0.05) is 20.8 Å². The van der Waals surface area contributed by atoms with E-state index in [-0.39, 0.29) is 5.54 Å². The number of nitrogens with zero attached hydrogens (tertiary/aromatic N) is 1. The molecule has 0 amide bonds. The van der Waals surface area contributed by atoms with E-state index in [0.29, 0.717) is 5.92 Å². The number of nitrogens with one attached hydrogen (secondary N) is 1. The normalized spacial score (nSPS) is 12.4. The van der Waals surface area contributed by atoms with Gasteiger partial charge in [-0.3, -0.25) is 0 Å². The van der Waals surface area contributed by atoms with Crippen molar-refractivity contribution in [3.8, 4) is 0 Å². The molecule has 0 atom stereocenters. The SMILES string of the molecule is CCCc1nc(C(C)C)c(CNC(C)(C)C)s1. The summed E-state index contributed by atoms with van der Waals surface area (Å²) in [6, 6.07) is 0. The first kappa shape index (κ1) is 14.7. The minimum Gasteiger partial charge on any atom is -0.307 e. The Kier molecular flexibility index (Phi) is 5.14. The Balaban J connectivity index is 2.81. The molecule has 1 aromatic heterocycles. The summed E-state index contributed by atoms with van der Waals surface area (Å²) in [5.74, 6) is 0.522. The van der Waals surface area contributed by atoms with Gasteiger partial charge in [-0.05, 0) is 39.5 Å². The summed E-state index contributed by atoms with van der Waals surface area (Å²) in [5, 5.41) is 4.85. The van der Waals surface area contributed by atoms with Crippen molar-refractivity contribution in [3.05, 3.63) is 15.6 Å². The van der Waals surface area contributed by atoms with Crippen LogP contribution in [0.2, 0.25) is 0 Å². The van der Waals surface area contributed by atoms with Crippen LogP contribution >= 0.6 is 11.3 Å². The summed E-state index contributed by atoms with van der Waals surface area (Å²) in [4.78, 5) is 6.19. The zero-order chi connectivity index (χ0) is 13.1. The Bertz CT molecular complexity index is 348. The molecule has 0 aliphatic carbocycles. The molecule has 0 unspecified atom stereocenters. The Labute approximate surface area is 110 Å². The molecular formula is C14H26N2S. The molecule has 98 valence electrons. The molecule has 0 saturated heterocycles. The lowest BCUT2D eigenvalue weighted by Crippen LogP contribution is -2.35. The van der Waals surface area contributed by atoms with Crippen LogP contribution in [0.15, 0.2) is 0 Å². The van der Waals surface area contributed by atoms with Crippen LogP contribution in [0.5, 0.6) is 0 Å². The van der Waals surface area contributed by atoms with Gasteiger partial charge < -0.3 is 5.32 Å². The van der Waals surface area contributed by atoms with Crippen LogP contribution in [0, 0.1) is 0 Å². The van der Waals surface area contributed by atoms with Gasteiger partial charge in [0.2, 0.25) is 0 Å². The molecule has 1 rings (SSSR count). The van der Waals surface area contributed by atoms with Gasteiger partial charge in [0.1, 0.15) is 0 Å². The van der Waals surface area contributed by atoms with Crippen molar-refractivity contribution in [2.45, 2.75) is 72.4 Å². The smallest absolute Gasteiger partial charge is 0.0931 e. The van der Waals surface area contributed by atoms with Gasteiger partial charge in [0.25, 0.3) is 0 Å². The van der Waals surface area contributed by atoms with Crippen LogP contribution in [0.4, 0.5) is 0 Å². The predicted molar refractivity (Wildman–Crippen MR) is 76.8 cm³/mol. The van der Waals surface area contributed by atoms with E-state index in [0.717, 1.165) is 13.0 Å². The standard InChI is InChI=1S/C14H26N2S/c1-7-8-12-16-13(10(2)3)11(17-12)9-15-14(4,5)6/h10,15H,7-9H2,1-6H3. The maximum absolute atomic E-state index is 4.78. The summed E-state index contributed by atoms with van der Waals surface area (Å²) in [7, 11) is 0. The van der Waals surface area contributed by atoms with Crippen molar-refractivity contribution in [1.82, 2.24) is 10.3 Å². The minimum absolute atomic E-state index is 0.170. The molecule has 0 aliphatic heterocycles. The highest BCUT2D eigenvalue weighted by molar-refractivity contribution is 7.11. The molecule has 0 aliphatic rings. The zero-order valence-corrected chi connectivity index (χ0v) is 12.9. The van der Waals surface area contributed by atoms with Crippen LogP contribution < -0.4 is 5.32 Å². The third-order valence-corrected chi connectivity index (χ3v) is 3.69. The number of hydrogen-bond acceptors (Lipinski definition) is 3. The van der Waals surface area contributed by atoms with Gasteiger partial charge in [-0.25, -0.2) is 4.98 Å². The van der Waals surface area contributed by atoms with Gasteiger partial charge in [0, 0.05) is 17.0 Å². The lowest BCUT2D eigenvalue weighted by molar-refractivity contribution is 0.425. The molecule has 1 aromatic rings. The predicted octanol–water partition coefficient (Wildman–Crippen LogP) is 4.11. The Morgan fingerprint density at radius 2 is 1.94 bits per heavy atom. The summed E-state index contributed by atoms with van der Waals surface area (Å²) in [6.45, 7) is 14.2. The zero-order valence-electron chi connectivity index (χ0n) is 12.1. The molecule has 17 heavy (non-hydrogen) atoms. The van der Waals surface area contributed by atoms with E-state index in [2.05, 4.69) is 46.9 Å². The molecule has 0 fully saturated rings. The molecule has 0 bridgehead atoms. The van der Waals surface area contributed by atoms with Crippen molar-refractivity contribution >= 4 is 11.3 Å². The van der Waals surface area contributed by atoms with Crippen molar-refractivity contribution < 1.29 is 0 Å². The summed E-state index contributed by atoms with van der Waals surface area (Å²) >= 11 is 1.88. The van der Waals surface area contributed by atoms with Gasteiger partial charge in [0.05, 0.1) is 10.7 Å². The lowest BCUT2D eigenvalue weighted by atomic mass is 10.1. The molecule has 1 N–H and O–H groups in total. The monoisotopic (exact) mass is 254 g/mol. The number of aromatic nitrogens is 1. The van der Waals surface area contributed by atoms with Crippen LogP contribution in [-0.4, -0.2) is 10.5 Å². The fourth-order valence-corrected chi connectivity index (χ4v) is 2.92. The third-order valence-electron chi connectivity index (χ3n) is 2.56. The van der Waals surface area contributed by atoms with E-state index in [4.69, 9.17) is 4.98 Å². The molecule has 0 radical (unpaired) electrons. The molecule has 3 heteroatoms. The number of thiazole rings is 1. The topological polar surface area (TPSA) is 24.9 Å². The summed E-state index contributed by atoms with van der Waals surface area (Å²) in [5.41, 5.74) is 1.46. The highest BCUT2D eigenvalue weighted by atomic mass is 32.1. The van der Waals surface area contributed by atoms with E-state index in [9.17, 15) is 0 Å². The van der Waals surface area contributed by atoms with E-state index in [1.165, 1.54) is 22.0 Å². The molecule has 1 heterocycles. The van der Waals surface area contributed by atoms with E-state index < -0.39 is 0 Å². The highest BCUT2D eigenvalue weighted by Gasteiger charge is 2.16. The average Bonchev–Trinajstić information content (AvgIpc) is 2.58. The van der Waals surface area contributed by atoms with E-state index in [1.54, 1.807) is 0 Å². The number of aryl methyl sites for hydroxylation is 1. The van der Waals surface area contributed by atoms with Crippen molar-refractivity contribution in [2.24, 2.45) is 0 Å². The number of rotatable bonds is 5. The second-order valence-corrected chi connectivity index (χ2v) is 7.09. The van der Waals surface area contributed by atoms with E-state index >= 15 is 0 Å². The van der Waals surface area contributed by atoms with Crippen molar-refractivity contribution in [2.75, 3.05) is 0 Å². The second-order valence-electron chi connectivity index (χ2n) is 5.92. The molecule has 2 nitrogen and oxygen atoms in total. The van der Waals surface area contributed by atoms with Gasteiger partial charge in [-0.2, -0.15) is 0 Å². The lowest BCUT2D eigenvalue weighted by Gasteiger charge is -2.20. The Hall–Kier alpha value is -0.410. The van der Waals surface area contributed by atoms with Gasteiger partial charge >= 0.3 is 0 Å². The summed E-state index contributed by atoms with van der Waals surface area (Å²) < 4.78 is 0. The van der Waals surface area contributed by atoms with Crippen LogP contribution in [0.1, 0.15) is 69.5 Å². The molecule has 0 aromatic carbocycles. The first-order chi connectivity index (χ1) is 7.83. The fraction of sp³-hybridized carbons (Fsp3) is 0.786. The largest absolute Gasteiger partial charge is 0.307 e. The van der Waals surface area contributed by atoms with Crippen LogP contribution in [-0.2, 0) is 13.0 Å². The quantitative estimate of drug-likeness (QED) is 0.855. The molecule has 0 saturated carbocycles. The maximum atomic E-state index is 4.78. The van der Waals surface area contributed by atoms with Crippen molar-refractivity contribution in [1.29, 1.82) is 0 Å². The van der Waals surface area contributed by atoms with Crippen LogP contribution in [0.25, 0.3) is 0 Å². The van der Waals surface area contributed by atoms with E-state index in [1.807, 2.05) is 11.3 Å². The van der Waals surface area contributed by atoms with Crippen LogP contribution in [0.3, 0.4) is 0 Å². The number of hydrogen-bond donors (Lipinski definition) is 1. The second kappa shape index (κ2) is 5.96. The third kappa shape index (κ3) is 4.76. The first-order valence-electron chi connectivity index (χ1n) is 6.57. The van der Waals surface area contributed by atoms with Gasteiger partial charge in [-0.15, -0.1) is 11.3 Å².